The lowest BCUT2D eigenvalue weighted by Gasteiger charge is -2.34. The van der Waals surface area contributed by atoms with Gasteiger partial charge in [-0.1, -0.05) is 44.2 Å². The summed E-state index contributed by atoms with van der Waals surface area (Å²) >= 11 is 0. The van der Waals surface area contributed by atoms with Crippen LogP contribution >= 0.6 is 0 Å². The molecule has 0 aromatic heterocycles. The maximum Gasteiger partial charge on any atom is 0.314 e. The molecule has 1 aromatic rings. The summed E-state index contributed by atoms with van der Waals surface area (Å²) in [5.74, 6) is 0. The molecule has 110 valence electrons. The molecule has 0 bridgehead atoms. The van der Waals surface area contributed by atoms with Crippen molar-refractivity contribution in [1.82, 2.24) is 10.2 Å². The summed E-state index contributed by atoms with van der Waals surface area (Å²) in [5.41, 5.74) is 6.76. The van der Waals surface area contributed by atoms with E-state index in [1.54, 1.807) is 4.90 Å². The standard InChI is InChI=1S/C16H25N3O/c1-16(2,13-6-4-3-5-7-13)12-18-14-8-10-19(11-9-14)15(17)20/h3-7,14,18H,8-12H2,1-2H3,(H2,17,20). The van der Waals surface area contributed by atoms with Gasteiger partial charge in [0, 0.05) is 31.1 Å². The van der Waals surface area contributed by atoms with Crippen LogP contribution in [0.25, 0.3) is 0 Å². The number of nitrogens with one attached hydrogen (secondary N) is 1. The monoisotopic (exact) mass is 275 g/mol. The molecule has 0 spiro atoms. The third-order valence-electron chi connectivity index (χ3n) is 4.19. The van der Waals surface area contributed by atoms with Gasteiger partial charge in [0.2, 0.25) is 0 Å². The molecule has 3 N–H and O–H groups in total. The van der Waals surface area contributed by atoms with Crippen molar-refractivity contribution in [3.63, 3.8) is 0 Å². The Hall–Kier alpha value is -1.55. The fourth-order valence-corrected chi connectivity index (χ4v) is 2.69. The SMILES string of the molecule is CC(C)(CNC1CCN(C(N)=O)CC1)c1ccccc1. The number of benzene rings is 1. The summed E-state index contributed by atoms with van der Waals surface area (Å²) in [6.07, 6.45) is 1.96. The summed E-state index contributed by atoms with van der Waals surface area (Å²) in [4.78, 5) is 12.8. The lowest BCUT2D eigenvalue weighted by Crippen LogP contribution is -2.48. The van der Waals surface area contributed by atoms with Crippen LogP contribution in [0.3, 0.4) is 0 Å². The van der Waals surface area contributed by atoms with Gasteiger partial charge in [0.05, 0.1) is 0 Å². The number of rotatable bonds is 4. The minimum atomic E-state index is -0.298. The topological polar surface area (TPSA) is 58.4 Å². The molecule has 1 aliphatic rings. The number of carbonyl (C=O) groups excluding carboxylic acids is 1. The third kappa shape index (κ3) is 3.73. The van der Waals surface area contributed by atoms with Crippen molar-refractivity contribution in [2.75, 3.05) is 19.6 Å². The molecule has 1 fully saturated rings. The van der Waals surface area contributed by atoms with Crippen LogP contribution in [0.5, 0.6) is 0 Å². The minimum absolute atomic E-state index is 0.113. The van der Waals surface area contributed by atoms with Crippen LogP contribution < -0.4 is 11.1 Å². The molecule has 1 heterocycles. The van der Waals surface area contributed by atoms with E-state index in [1.165, 1.54) is 5.56 Å². The molecule has 4 nitrogen and oxygen atoms in total. The van der Waals surface area contributed by atoms with Crippen molar-refractivity contribution in [1.29, 1.82) is 0 Å². The smallest absolute Gasteiger partial charge is 0.314 e. The van der Waals surface area contributed by atoms with E-state index >= 15 is 0 Å². The van der Waals surface area contributed by atoms with Crippen molar-refractivity contribution < 1.29 is 4.79 Å². The fourth-order valence-electron chi connectivity index (χ4n) is 2.69. The minimum Gasteiger partial charge on any atom is -0.351 e. The summed E-state index contributed by atoms with van der Waals surface area (Å²) < 4.78 is 0. The van der Waals surface area contributed by atoms with Gasteiger partial charge in [0.1, 0.15) is 0 Å². The molecule has 0 radical (unpaired) electrons. The van der Waals surface area contributed by atoms with Crippen LogP contribution in [-0.2, 0) is 5.41 Å². The van der Waals surface area contributed by atoms with Crippen LogP contribution in [0, 0.1) is 0 Å². The normalized spacial score (nSPS) is 17.2. The van der Waals surface area contributed by atoms with E-state index in [1.807, 2.05) is 6.07 Å². The maximum absolute atomic E-state index is 11.1. The Morgan fingerprint density at radius 1 is 1.30 bits per heavy atom. The summed E-state index contributed by atoms with van der Waals surface area (Å²) in [7, 11) is 0. The van der Waals surface area contributed by atoms with E-state index in [2.05, 4.69) is 43.4 Å². The molecular formula is C16H25N3O. The first-order chi connectivity index (χ1) is 9.49. The number of likely N-dealkylation sites (tertiary alicyclic amines) is 1. The van der Waals surface area contributed by atoms with Crippen LogP contribution in [-0.4, -0.2) is 36.6 Å². The number of carbonyl (C=O) groups is 1. The lowest BCUT2D eigenvalue weighted by molar-refractivity contribution is 0.183. The zero-order valence-corrected chi connectivity index (χ0v) is 12.4. The van der Waals surface area contributed by atoms with Gasteiger partial charge in [-0.3, -0.25) is 0 Å². The lowest BCUT2D eigenvalue weighted by atomic mass is 9.84. The van der Waals surface area contributed by atoms with Gasteiger partial charge in [0.25, 0.3) is 0 Å². The first-order valence-corrected chi connectivity index (χ1v) is 7.32. The molecule has 1 aliphatic heterocycles. The Balaban J connectivity index is 1.82. The Morgan fingerprint density at radius 2 is 1.90 bits per heavy atom. The molecule has 0 saturated carbocycles. The van der Waals surface area contributed by atoms with Crippen LogP contribution in [0.2, 0.25) is 0 Å². The van der Waals surface area contributed by atoms with Crippen molar-refractivity contribution in [2.45, 2.75) is 38.1 Å². The fraction of sp³-hybridized carbons (Fsp3) is 0.562. The highest BCUT2D eigenvalue weighted by Crippen LogP contribution is 2.22. The third-order valence-corrected chi connectivity index (χ3v) is 4.19. The van der Waals surface area contributed by atoms with E-state index in [0.717, 1.165) is 32.5 Å². The van der Waals surface area contributed by atoms with Gasteiger partial charge in [-0.15, -0.1) is 0 Å². The number of piperidine rings is 1. The van der Waals surface area contributed by atoms with Gasteiger partial charge in [-0.25, -0.2) is 4.79 Å². The molecule has 0 unspecified atom stereocenters. The van der Waals surface area contributed by atoms with Crippen LogP contribution in [0.1, 0.15) is 32.3 Å². The molecule has 0 aliphatic carbocycles. The van der Waals surface area contributed by atoms with E-state index in [9.17, 15) is 4.79 Å². The average molecular weight is 275 g/mol. The second kappa shape index (κ2) is 6.27. The van der Waals surface area contributed by atoms with E-state index in [-0.39, 0.29) is 11.4 Å². The first kappa shape index (κ1) is 14.9. The van der Waals surface area contributed by atoms with Gasteiger partial charge >= 0.3 is 6.03 Å². The number of urea groups is 1. The van der Waals surface area contributed by atoms with Crippen LogP contribution in [0.15, 0.2) is 30.3 Å². The molecule has 2 amide bonds. The second-order valence-electron chi connectivity index (χ2n) is 6.23. The zero-order chi connectivity index (χ0) is 14.6. The Bertz CT molecular complexity index is 436. The Labute approximate surface area is 121 Å². The number of hydrogen-bond acceptors (Lipinski definition) is 2. The summed E-state index contributed by atoms with van der Waals surface area (Å²) in [6.45, 7) is 6.98. The summed E-state index contributed by atoms with van der Waals surface area (Å²) in [6, 6.07) is 10.8. The van der Waals surface area contributed by atoms with Gasteiger partial charge in [-0.05, 0) is 18.4 Å². The van der Waals surface area contributed by atoms with Crippen molar-refractivity contribution in [3.8, 4) is 0 Å². The molecular weight excluding hydrogens is 250 g/mol. The maximum atomic E-state index is 11.1. The van der Waals surface area contributed by atoms with E-state index in [0.29, 0.717) is 6.04 Å². The number of hydrogen-bond donors (Lipinski definition) is 2. The number of nitrogens with two attached hydrogens (primary N) is 1. The van der Waals surface area contributed by atoms with Gasteiger partial charge in [0.15, 0.2) is 0 Å². The second-order valence-corrected chi connectivity index (χ2v) is 6.23. The zero-order valence-electron chi connectivity index (χ0n) is 12.4. The first-order valence-electron chi connectivity index (χ1n) is 7.32. The molecule has 4 heteroatoms. The molecule has 20 heavy (non-hydrogen) atoms. The summed E-state index contributed by atoms with van der Waals surface area (Å²) in [5, 5.41) is 3.64. The van der Waals surface area contributed by atoms with Gasteiger partial charge in [-0.2, -0.15) is 0 Å². The predicted octanol–water partition coefficient (Wildman–Crippen LogP) is 2.10. The molecule has 1 saturated heterocycles. The number of amides is 2. The Kier molecular flexibility index (Phi) is 4.65. The Morgan fingerprint density at radius 3 is 2.45 bits per heavy atom. The molecule has 1 aromatic carbocycles. The highest BCUT2D eigenvalue weighted by Gasteiger charge is 2.25. The average Bonchev–Trinajstić information content (AvgIpc) is 2.46. The molecule has 0 atom stereocenters. The predicted molar refractivity (Wildman–Crippen MR) is 81.6 cm³/mol. The highest BCUT2D eigenvalue weighted by molar-refractivity contribution is 5.72. The van der Waals surface area contributed by atoms with Gasteiger partial charge < -0.3 is 16.0 Å². The molecule has 2 rings (SSSR count). The van der Waals surface area contributed by atoms with E-state index in [4.69, 9.17) is 5.73 Å². The number of primary amides is 1. The quantitative estimate of drug-likeness (QED) is 0.884. The van der Waals surface area contributed by atoms with Crippen molar-refractivity contribution in [2.24, 2.45) is 5.73 Å². The van der Waals surface area contributed by atoms with Crippen molar-refractivity contribution in [3.05, 3.63) is 35.9 Å². The van der Waals surface area contributed by atoms with Crippen LogP contribution in [0.4, 0.5) is 4.79 Å². The largest absolute Gasteiger partial charge is 0.351 e. The number of nitrogens with zero attached hydrogens (tertiary/aromatic N) is 1. The highest BCUT2D eigenvalue weighted by atomic mass is 16.2. The van der Waals surface area contributed by atoms with E-state index < -0.39 is 0 Å². The van der Waals surface area contributed by atoms with Crippen molar-refractivity contribution >= 4 is 6.03 Å².